The Kier molecular flexibility index (Phi) is 5.25. The minimum Gasteiger partial charge on any atom is -0.404 e. The zero-order valence-corrected chi connectivity index (χ0v) is 10.1. The predicted octanol–water partition coefficient (Wildman–Crippen LogP) is 3.01. The normalized spacial score (nSPS) is 13.4. The first kappa shape index (κ1) is 15.1. The molecule has 0 spiro atoms. The lowest BCUT2D eigenvalue weighted by atomic mass is 10.0. The Hall–Kier alpha value is -0.980. The Morgan fingerprint density at radius 2 is 2.06 bits per heavy atom. The van der Waals surface area contributed by atoms with Crippen molar-refractivity contribution in [2.75, 3.05) is 6.61 Å². The smallest absolute Gasteiger partial charge is 0.404 e. The molecular weight excluding hydrogens is 271 g/mol. The van der Waals surface area contributed by atoms with Gasteiger partial charge >= 0.3 is 6.36 Å². The second kappa shape index (κ2) is 6.26. The van der Waals surface area contributed by atoms with E-state index in [-0.39, 0.29) is 17.7 Å². The zero-order valence-electron chi connectivity index (χ0n) is 9.38. The summed E-state index contributed by atoms with van der Waals surface area (Å²) < 4.78 is 39.8. The van der Waals surface area contributed by atoms with Gasteiger partial charge in [-0.15, -0.1) is 13.2 Å². The van der Waals surface area contributed by atoms with E-state index in [9.17, 15) is 13.2 Å². The lowest BCUT2D eigenvalue weighted by Gasteiger charge is -2.14. The number of benzene rings is 1. The third-order valence-electron chi connectivity index (χ3n) is 2.28. The Morgan fingerprint density at radius 1 is 1.39 bits per heavy atom. The minimum atomic E-state index is -4.77. The first-order chi connectivity index (χ1) is 8.33. The van der Waals surface area contributed by atoms with Crippen molar-refractivity contribution in [3.63, 3.8) is 0 Å². The molecule has 1 rings (SSSR count). The molecule has 0 bridgehead atoms. The van der Waals surface area contributed by atoms with Gasteiger partial charge in [-0.25, -0.2) is 0 Å². The molecule has 1 aromatic carbocycles. The van der Waals surface area contributed by atoms with E-state index in [0.717, 1.165) is 6.07 Å². The monoisotopic (exact) mass is 283 g/mol. The first-order valence-electron chi connectivity index (χ1n) is 5.25. The van der Waals surface area contributed by atoms with Gasteiger partial charge in [0.25, 0.3) is 0 Å². The third-order valence-corrected chi connectivity index (χ3v) is 2.58. The molecule has 18 heavy (non-hydrogen) atoms. The van der Waals surface area contributed by atoms with Crippen LogP contribution in [0.1, 0.15) is 24.4 Å². The molecule has 0 aliphatic rings. The number of rotatable bonds is 5. The van der Waals surface area contributed by atoms with Crippen LogP contribution in [0.25, 0.3) is 0 Å². The highest BCUT2D eigenvalue weighted by Crippen LogP contribution is 2.32. The van der Waals surface area contributed by atoms with Gasteiger partial charge in [-0.2, -0.15) is 0 Å². The molecule has 0 saturated heterocycles. The van der Waals surface area contributed by atoms with Crippen LogP contribution in [0, 0.1) is 0 Å². The Balaban J connectivity index is 2.79. The maximum atomic E-state index is 12.0. The molecule has 0 amide bonds. The van der Waals surface area contributed by atoms with Crippen LogP contribution < -0.4 is 10.5 Å². The van der Waals surface area contributed by atoms with E-state index in [1.54, 1.807) is 0 Å². The van der Waals surface area contributed by atoms with Gasteiger partial charge in [0.2, 0.25) is 0 Å². The topological polar surface area (TPSA) is 55.5 Å². The predicted molar refractivity (Wildman–Crippen MR) is 61.4 cm³/mol. The van der Waals surface area contributed by atoms with Crippen molar-refractivity contribution in [1.82, 2.24) is 0 Å². The van der Waals surface area contributed by atoms with Crippen LogP contribution in [-0.2, 0) is 0 Å². The molecule has 0 unspecified atom stereocenters. The Morgan fingerprint density at radius 3 is 2.56 bits per heavy atom. The molecule has 0 aromatic heterocycles. The fourth-order valence-electron chi connectivity index (χ4n) is 1.43. The van der Waals surface area contributed by atoms with Crippen molar-refractivity contribution >= 4 is 11.6 Å². The molecule has 1 aromatic rings. The molecule has 0 fully saturated rings. The summed E-state index contributed by atoms with van der Waals surface area (Å²) in [6.45, 7) is 0.0106. The minimum absolute atomic E-state index is 0.0106. The summed E-state index contributed by atoms with van der Waals surface area (Å²) in [5.74, 6) is -0.456. The molecule has 3 nitrogen and oxygen atoms in total. The quantitative estimate of drug-likeness (QED) is 0.873. The van der Waals surface area contributed by atoms with E-state index in [1.165, 1.54) is 12.1 Å². The molecular formula is C11H13ClF3NO2. The van der Waals surface area contributed by atoms with E-state index < -0.39 is 12.1 Å². The van der Waals surface area contributed by atoms with Gasteiger partial charge in [0.1, 0.15) is 5.75 Å². The molecule has 7 heteroatoms. The number of ether oxygens (including phenoxy) is 1. The lowest BCUT2D eigenvalue weighted by Crippen LogP contribution is -2.17. The van der Waals surface area contributed by atoms with Gasteiger partial charge in [0.05, 0.1) is 5.02 Å². The average Bonchev–Trinajstić information content (AvgIpc) is 2.27. The molecule has 0 heterocycles. The van der Waals surface area contributed by atoms with Crippen molar-refractivity contribution in [1.29, 1.82) is 0 Å². The van der Waals surface area contributed by atoms with E-state index in [0.29, 0.717) is 18.4 Å². The number of hydrogen-bond acceptors (Lipinski definition) is 3. The van der Waals surface area contributed by atoms with Crippen LogP contribution in [0.15, 0.2) is 18.2 Å². The average molecular weight is 284 g/mol. The number of alkyl halides is 3. The number of halogens is 4. The lowest BCUT2D eigenvalue weighted by molar-refractivity contribution is -0.274. The van der Waals surface area contributed by atoms with E-state index in [1.807, 2.05) is 0 Å². The summed E-state index contributed by atoms with van der Waals surface area (Å²) in [7, 11) is 0. The number of aliphatic hydroxyl groups excluding tert-OH is 1. The zero-order chi connectivity index (χ0) is 13.8. The van der Waals surface area contributed by atoms with Gasteiger partial charge < -0.3 is 15.6 Å². The maximum Gasteiger partial charge on any atom is 0.573 e. The van der Waals surface area contributed by atoms with Crippen LogP contribution in [-0.4, -0.2) is 18.1 Å². The molecule has 1 atom stereocenters. The molecule has 0 aliphatic heterocycles. The fourth-order valence-corrected chi connectivity index (χ4v) is 1.66. The van der Waals surface area contributed by atoms with E-state index in [4.69, 9.17) is 22.4 Å². The molecule has 3 N–H and O–H groups in total. The standard InChI is InChI=1S/C11H13ClF3NO2/c12-8-6-7(9(16)2-1-5-17)3-4-10(8)18-11(13,14)15/h3-4,6,9,17H,1-2,5,16H2/t9-/m0/s1. The summed E-state index contributed by atoms with van der Waals surface area (Å²) in [5, 5.41) is 8.51. The Bertz CT molecular complexity index is 398. The fraction of sp³-hybridized carbons (Fsp3) is 0.455. The van der Waals surface area contributed by atoms with E-state index >= 15 is 0 Å². The van der Waals surface area contributed by atoms with Gasteiger partial charge in [0.15, 0.2) is 0 Å². The SMILES string of the molecule is N[C@@H](CCCO)c1ccc(OC(F)(F)F)c(Cl)c1. The van der Waals surface area contributed by atoms with Crippen molar-refractivity contribution < 1.29 is 23.0 Å². The molecule has 102 valence electrons. The number of aliphatic hydroxyl groups is 1. The Labute approximate surface area is 107 Å². The van der Waals surface area contributed by atoms with Crippen LogP contribution >= 0.6 is 11.6 Å². The summed E-state index contributed by atoms with van der Waals surface area (Å²) in [6.07, 6.45) is -3.74. The molecule has 0 saturated carbocycles. The largest absolute Gasteiger partial charge is 0.573 e. The van der Waals surface area contributed by atoms with E-state index in [2.05, 4.69) is 4.74 Å². The van der Waals surface area contributed by atoms with Crippen molar-refractivity contribution in [3.8, 4) is 5.75 Å². The second-order valence-corrected chi connectivity index (χ2v) is 4.12. The summed E-state index contributed by atoms with van der Waals surface area (Å²) >= 11 is 5.68. The summed E-state index contributed by atoms with van der Waals surface area (Å²) in [6, 6.07) is 3.51. The van der Waals surface area contributed by atoms with Crippen LogP contribution in [0.4, 0.5) is 13.2 Å². The first-order valence-corrected chi connectivity index (χ1v) is 5.63. The second-order valence-electron chi connectivity index (χ2n) is 3.71. The summed E-state index contributed by atoms with van der Waals surface area (Å²) in [5.41, 5.74) is 6.39. The molecule has 0 aliphatic carbocycles. The van der Waals surface area contributed by atoms with Gasteiger partial charge in [0, 0.05) is 12.6 Å². The van der Waals surface area contributed by atoms with Crippen molar-refractivity contribution in [2.24, 2.45) is 5.73 Å². The third kappa shape index (κ3) is 4.72. The highest BCUT2D eigenvalue weighted by Gasteiger charge is 2.32. The number of nitrogens with two attached hydrogens (primary N) is 1. The van der Waals surface area contributed by atoms with Gasteiger partial charge in [-0.3, -0.25) is 0 Å². The van der Waals surface area contributed by atoms with Crippen LogP contribution in [0.5, 0.6) is 5.75 Å². The van der Waals surface area contributed by atoms with Gasteiger partial charge in [-0.1, -0.05) is 17.7 Å². The van der Waals surface area contributed by atoms with Crippen molar-refractivity contribution in [2.45, 2.75) is 25.2 Å². The molecule has 0 radical (unpaired) electrons. The van der Waals surface area contributed by atoms with Crippen molar-refractivity contribution in [3.05, 3.63) is 28.8 Å². The van der Waals surface area contributed by atoms with Crippen LogP contribution in [0.2, 0.25) is 5.02 Å². The maximum absolute atomic E-state index is 12.0. The van der Waals surface area contributed by atoms with Gasteiger partial charge in [-0.05, 0) is 30.5 Å². The highest BCUT2D eigenvalue weighted by atomic mass is 35.5. The summed E-state index contributed by atoms with van der Waals surface area (Å²) in [4.78, 5) is 0. The highest BCUT2D eigenvalue weighted by molar-refractivity contribution is 6.32. The number of hydrogen-bond donors (Lipinski definition) is 2. The van der Waals surface area contributed by atoms with Crippen LogP contribution in [0.3, 0.4) is 0 Å².